The number of imide groups is 1. The van der Waals surface area contributed by atoms with Crippen molar-refractivity contribution >= 4 is 52.1 Å². The number of primary amides is 1. The summed E-state index contributed by atoms with van der Waals surface area (Å²) in [6, 6.07) is 13.8. The number of nitrogens with two attached hydrogens (primary N) is 1. The van der Waals surface area contributed by atoms with Crippen molar-refractivity contribution in [3.05, 3.63) is 75.9 Å². The molecule has 2 aromatic carbocycles. The number of carbonyl (C=O) groups excluding carboxylic acids is 3. The second-order valence-corrected chi connectivity index (χ2v) is 7.83. The molecule has 0 atom stereocenters. The Morgan fingerprint density at radius 2 is 1.84 bits per heavy atom. The lowest BCUT2D eigenvalue weighted by Gasteiger charge is -2.22. The fourth-order valence-corrected chi connectivity index (χ4v) is 3.97. The van der Waals surface area contributed by atoms with Crippen molar-refractivity contribution in [3.8, 4) is 0 Å². The van der Waals surface area contributed by atoms with Crippen molar-refractivity contribution in [2.75, 3.05) is 6.61 Å². The number of esters is 1. The highest BCUT2D eigenvalue weighted by Gasteiger charge is 2.26. The highest BCUT2D eigenvalue weighted by molar-refractivity contribution is 6.30. The Balaban J connectivity index is 1.76. The predicted molar refractivity (Wildman–Crippen MR) is 122 cm³/mol. The second-order valence-electron chi connectivity index (χ2n) is 7.39. The number of urea groups is 1. The average molecular weight is 450 g/mol. The highest BCUT2D eigenvalue weighted by Crippen LogP contribution is 2.36. The number of rotatable bonds is 4. The molecule has 0 bridgehead atoms. The molecule has 1 heterocycles. The minimum Gasteiger partial charge on any atom is -0.452 e. The van der Waals surface area contributed by atoms with Gasteiger partial charge in [-0.05, 0) is 60.2 Å². The van der Waals surface area contributed by atoms with E-state index in [9.17, 15) is 14.4 Å². The van der Waals surface area contributed by atoms with E-state index in [1.807, 2.05) is 53.9 Å². The van der Waals surface area contributed by atoms with E-state index in [4.69, 9.17) is 27.1 Å². The molecular weight excluding hydrogens is 430 g/mol. The maximum absolute atomic E-state index is 13.0. The fourth-order valence-electron chi connectivity index (χ4n) is 3.85. The molecular formula is C24H20ClN3O4. The van der Waals surface area contributed by atoms with Crippen LogP contribution in [-0.2, 0) is 16.0 Å². The van der Waals surface area contributed by atoms with Crippen LogP contribution in [0.3, 0.4) is 0 Å². The number of pyridine rings is 1. The molecule has 4 rings (SSSR count). The topological polar surface area (TPSA) is 111 Å². The summed E-state index contributed by atoms with van der Waals surface area (Å²) in [7, 11) is 0. The Morgan fingerprint density at radius 3 is 2.59 bits per heavy atom. The van der Waals surface area contributed by atoms with Gasteiger partial charge in [-0.2, -0.15) is 0 Å². The molecule has 1 aromatic heterocycles. The standard InChI is InChI=1S/C24H20ClN3O4/c25-16-10-8-14(9-11-16)12-15-4-3-6-18-21(23(30)32-13-20(29)28-24(26)31)17-5-1-2-7-19(17)27-22(15)18/h1-2,5,7-12H,3-4,6,13H2,(H3,26,28,29,31)/b15-12+. The van der Waals surface area contributed by atoms with Gasteiger partial charge in [0.05, 0.1) is 16.8 Å². The third kappa shape index (κ3) is 4.63. The number of amides is 3. The van der Waals surface area contributed by atoms with Crippen LogP contribution in [-0.4, -0.2) is 29.5 Å². The van der Waals surface area contributed by atoms with Crippen molar-refractivity contribution in [2.24, 2.45) is 5.73 Å². The van der Waals surface area contributed by atoms with Crippen molar-refractivity contribution in [1.29, 1.82) is 0 Å². The van der Waals surface area contributed by atoms with Crippen LogP contribution in [0.4, 0.5) is 4.79 Å². The van der Waals surface area contributed by atoms with Crippen molar-refractivity contribution in [2.45, 2.75) is 19.3 Å². The molecule has 0 saturated heterocycles. The molecule has 162 valence electrons. The number of nitrogens with one attached hydrogen (secondary N) is 1. The molecule has 1 aliphatic carbocycles. The smallest absolute Gasteiger partial charge is 0.339 e. The van der Waals surface area contributed by atoms with Crippen LogP contribution in [0.1, 0.15) is 40.0 Å². The molecule has 7 nitrogen and oxygen atoms in total. The molecule has 0 radical (unpaired) electrons. The van der Waals surface area contributed by atoms with Crippen LogP contribution in [0.15, 0.2) is 48.5 Å². The molecule has 0 unspecified atom stereocenters. The van der Waals surface area contributed by atoms with Gasteiger partial charge in [0.25, 0.3) is 5.91 Å². The monoisotopic (exact) mass is 449 g/mol. The number of aromatic nitrogens is 1. The van der Waals surface area contributed by atoms with E-state index in [2.05, 4.69) is 0 Å². The molecule has 0 fully saturated rings. The summed E-state index contributed by atoms with van der Waals surface area (Å²) in [6.45, 7) is -0.610. The van der Waals surface area contributed by atoms with Gasteiger partial charge >= 0.3 is 12.0 Å². The number of benzene rings is 2. The summed E-state index contributed by atoms with van der Waals surface area (Å²) in [5, 5.41) is 3.19. The number of allylic oxidation sites excluding steroid dienone is 1. The second kappa shape index (κ2) is 9.20. The SMILES string of the molecule is NC(=O)NC(=O)COC(=O)c1c2c(nc3ccccc13)/C(=C/c1ccc(Cl)cc1)CCC2. The van der Waals surface area contributed by atoms with Gasteiger partial charge in [0, 0.05) is 10.4 Å². The molecule has 32 heavy (non-hydrogen) atoms. The third-order valence-electron chi connectivity index (χ3n) is 5.18. The average Bonchev–Trinajstić information content (AvgIpc) is 2.77. The maximum Gasteiger partial charge on any atom is 0.339 e. The van der Waals surface area contributed by atoms with Gasteiger partial charge in [0.2, 0.25) is 0 Å². The Morgan fingerprint density at radius 1 is 1.09 bits per heavy atom. The van der Waals surface area contributed by atoms with Gasteiger partial charge in [-0.25, -0.2) is 14.6 Å². The van der Waals surface area contributed by atoms with Crippen molar-refractivity contribution in [3.63, 3.8) is 0 Å². The molecule has 0 aliphatic heterocycles. The van der Waals surface area contributed by atoms with Gasteiger partial charge in [-0.1, -0.05) is 41.9 Å². The first-order chi connectivity index (χ1) is 15.4. The molecule has 0 spiro atoms. The summed E-state index contributed by atoms with van der Waals surface area (Å²) in [5.41, 5.74) is 9.51. The zero-order chi connectivity index (χ0) is 22.7. The van der Waals surface area contributed by atoms with Crippen LogP contribution < -0.4 is 11.1 Å². The molecule has 3 amide bonds. The first-order valence-electron chi connectivity index (χ1n) is 10.1. The van der Waals surface area contributed by atoms with Gasteiger partial charge < -0.3 is 10.5 Å². The minimum absolute atomic E-state index is 0.388. The summed E-state index contributed by atoms with van der Waals surface area (Å²) in [6.07, 6.45) is 4.36. The van der Waals surface area contributed by atoms with E-state index >= 15 is 0 Å². The van der Waals surface area contributed by atoms with E-state index in [0.29, 0.717) is 27.9 Å². The van der Waals surface area contributed by atoms with E-state index in [1.165, 1.54) is 0 Å². The molecule has 1 aliphatic rings. The Hall–Kier alpha value is -3.71. The van der Waals surface area contributed by atoms with Crippen LogP contribution in [0, 0.1) is 0 Å². The molecule has 3 aromatic rings. The Labute approximate surface area is 189 Å². The summed E-state index contributed by atoms with van der Waals surface area (Å²) in [5.74, 6) is -1.44. The van der Waals surface area contributed by atoms with Gasteiger partial charge in [0.15, 0.2) is 6.61 Å². The van der Waals surface area contributed by atoms with Crippen LogP contribution in [0.25, 0.3) is 22.6 Å². The predicted octanol–water partition coefficient (Wildman–Crippen LogP) is 4.12. The number of fused-ring (bicyclic) bond motifs is 2. The van der Waals surface area contributed by atoms with Crippen LogP contribution in [0.2, 0.25) is 5.02 Å². The normalized spacial score (nSPS) is 14.1. The summed E-state index contributed by atoms with van der Waals surface area (Å²) in [4.78, 5) is 40.4. The lowest BCUT2D eigenvalue weighted by atomic mass is 9.86. The maximum atomic E-state index is 13.0. The third-order valence-corrected chi connectivity index (χ3v) is 5.43. The van der Waals surface area contributed by atoms with E-state index in [-0.39, 0.29) is 0 Å². The number of halogens is 1. The van der Waals surface area contributed by atoms with E-state index in [1.54, 1.807) is 6.07 Å². The minimum atomic E-state index is -1.00. The highest BCUT2D eigenvalue weighted by atomic mass is 35.5. The summed E-state index contributed by atoms with van der Waals surface area (Å²) < 4.78 is 5.21. The van der Waals surface area contributed by atoms with Crippen molar-refractivity contribution < 1.29 is 19.1 Å². The molecule has 8 heteroatoms. The number of ether oxygens (including phenoxy) is 1. The van der Waals surface area contributed by atoms with E-state index in [0.717, 1.165) is 35.2 Å². The van der Waals surface area contributed by atoms with E-state index < -0.39 is 24.5 Å². The van der Waals surface area contributed by atoms with Crippen molar-refractivity contribution in [1.82, 2.24) is 10.3 Å². The number of hydrogen-bond donors (Lipinski definition) is 2. The summed E-state index contributed by atoms with van der Waals surface area (Å²) >= 11 is 6.00. The Kier molecular flexibility index (Phi) is 6.18. The zero-order valence-corrected chi connectivity index (χ0v) is 17.8. The Bertz CT molecular complexity index is 1250. The molecule has 0 saturated carbocycles. The van der Waals surface area contributed by atoms with Crippen LogP contribution in [0.5, 0.6) is 0 Å². The lowest BCUT2D eigenvalue weighted by molar-refractivity contribution is -0.123. The van der Waals surface area contributed by atoms with Crippen LogP contribution >= 0.6 is 11.6 Å². The quantitative estimate of drug-likeness (QED) is 0.582. The zero-order valence-electron chi connectivity index (χ0n) is 17.1. The number of hydrogen-bond acceptors (Lipinski definition) is 5. The number of carbonyl (C=O) groups is 3. The van der Waals surface area contributed by atoms with Gasteiger partial charge in [-0.3, -0.25) is 10.1 Å². The number of para-hydroxylation sites is 1. The first-order valence-corrected chi connectivity index (χ1v) is 10.4. The molecule has 3 N–H and O–H groups in total. The fraction of sp³-hybridized carbons (Fsp3) is 0.167. The van der Waals surface area contributed by atoms with Gasteiger partial charge in [-0.15, -0.1) is 0 Å². The lowest BCUT2D eigenvalue weighted by Crippen LogP contribution is -2.37. The van der Waals surface area contributed by atoms with Gasteiger partial charge in [0.1, 0.15) is 0 Å². The largest absolute Gasteiger partial charge is 0.452 e. The number of nitrogens with zero attached hydrogens (tertiary/aromatic N) is 1. The first kappa shape index (κ1) is 21.5.